The van der Waals surface area contributed by atoms with Crippen LogP contribution in [0.2, 0.25) is 0 Å². The molecule has 0 aliphatic rings. The van der Waals surface area contributed by atoms with E-state index < -0.39 is 25.5 Å². The van der Waals surface area contributed by atoms with Crippen LogP contribution >= 0.6 is 15.9 Å². The van der Waals surface area contributed by atoms with Gasteiger partial charge in [-0.05, 0) is 23.8 Å². The second-order valence-electron chi connectivity index (χ2n) is 4.13. The van der Waals surface area contributed by atoms with Gasteiger partial charge in [0.05, 0.1) is 11.1 Å². The van der Waals surface area contributed by atoms with Gasteiger partial charge in [-0.3, -0.25) is 10.1 Å². The predicted molar refractivity (Wildman–Crippen MR) is 85.2 cm³/mol. The van der Waals surface area contributed by atoms with Crippen LogP contribution in [-0.4, -0.2) is 19.6 Å². The quantitative estimate of drug-likeness (QED) is 0.486. The molecule has 1 N–H and O–H groups in total. The van der Waals surface area contributed by atoms with Crippen LogP contribution in [0.3, 0.4) is 0 Å². The van der Waals surface area contributed by atoms with Crippen LogP contribution < -0.4 is 4.83 Å². The first-order valence-corrected chi connectivity index (χ1v) is 8.21. The molecular weight excluding hydrogens is 374 g/mol. The van der Waals surface area contributed by atoms with E-state index in [4.69, 9.17) is 0 Å². The molecular formula is C13H10BrN3O4S. The van der Waals surface area contributed by atoms with E-state index in [0.717, 1.165) is 16.6 Å². The zero-order chi connectivity index (χ0) is 16.2. The second kappa shape index (κ2) is 6.67. The Morgan fingerprint density at radius 3 is 2.41 bits per heavy atom. The maximum atomic E-state index is 12.1. The number of sulfonamides is 1. The fraction of sp³-hybridized carbons (Fsp3) is 0. The molecule has 0 spiro atoms. The molecule has 0 fully saturated rings. The van der Waals surface area contributed by atoms with E-state index in [1.54, 1.807) is 24.3 Å². The SMILES string of the molecule is O=[N+]([O-])c1ccccc1S(=O)(=O)N/N=C/c1ccc(Br)cc1. The molecule has 0 aliphatic heterocycles. The van der Waals surface area contributed by atoms with E-state index in [1.807, 2.05) is 4.83 Å². The number of nitro groups is 1. The molecule has 0 radical (unpaired) electrons. The molecule has 0 aliphatic carbocycles. The summed E-state index contributed by atoms with van der Waals surface area (Å²) in [6.07, 6.45) is 1.30. The van der Waals surface area contributed by atoms with Gasteiger partial charge < -0.3 is 0 Å². The molecule has 0 saturated carbocycles. The highest BCUT2D eigenvalue weighted by molar-refractivity contribution is 9.10. The summed E-state index contributed by atoms with van der Waals surface area (Å²) in [5.41, 5.74) is 0.169. The summed E-state index contributed by atoms with van der Waals surface area (Å²) in [5.74, 6) is 0. The van der Waals surface area contributed by atoms with Crippen molar-refractivity contribution in [2.45, 2.75) is 4.90 Å². The first kappa shape index (κ1) is 16.1. The topological polar surface area (TPSA) is 102 Å². The maximum Gasteiger partial charge on any atom is 0.289 e. The molecule has 0 heterocycles. The number of nitro benzene ring substituents is 1. The van der Waals surface area contributed by atoms with Crippen molar-refractivity contribution in [2.75, 3.05) is 0 Å². The first-order chi connectivity index (χ1) is 10.4. The minimum atomic E-state index is -4.11. The molecule has 2 rings (SSSR count). The highest BCUT2D eigenvalue weighted by atomic mass is 79.9. The first-order valence-electron chi connectivity index (χ1n) is 5.94. The lowest BCUT2D eigenvalue weighted by molar-refractivity contribution is -0.387. The van der Waals surface area contributed by atoms with Crippen LogP contribution in [0.25, 0.3) is 0 Å². The molecule has 0 aromatic heterocycles. The average molecular weight is 384 g/mol. The summed E-state index contributed by atoms with van der Waals surface area (Å²) in [6.45, 7) is 0. The van der Waals surface area contributed by atoms with Gasteiger partial charge in [0.2, 0.25) is 0 Å². The third-order valence-corrected chi connectivity index (χ3v) is 4.41. The summed E-state index contributed by atoms with van der Waals surface area (Å²) in [5, 5.41) is 14.5. The average Bonchev–Trinajstić information content (AvgIpc) is 2.49. The largest absolute Gasteiger partial charge is 0.289 e. The number of benzene rings is 2. The van der Waals surface area contributed by atoms with Crippen molar-refractivity contribution >= 4 is 37.9 Å². The van der Waals surface area contributed by atoms with Crippen molar-refractivity contribution in [1.29, 1.82) is 0 Å². The van der Waals surface area contributed by atoms with Gasteiger partial charge in [0, 0.05) is 10.5 Å². The van der Waals surface area contributed by atoms with Crippen molar-refractivity contribution in [3.05, 3.63) is 68.7 Å². The molecule has 0 atom stereocenters. The van der Waals surface area contributed by atoms with Gasteiger partial charge in [0.25, 0.3) is 15.7 Å². The van der Waals surface area contributed by atoms with Crippen LogP contribution in [0.15, 0.2) is 63.0 Å². The lowest BCUT2D eigenvalue weighted by Crippen LogP contribution is -2.19. The summed E-state index contributed by atoms with van der Waals surface area (Å²) in [7, 11) is -4.11. The van der Waals surface area contributed by atoms with Gasteiger partial charge in [0.15, 0.2) is 4.90 Å². The summed E-state index contributed by atoms with van der Waals surface area (Å²) < 4.78 is 25.0. The Morgan fingerprint density at radius 1 is 1.14 bits per heavy atom. The Hall–Kier alpha value is -2.26. The second-order valence-corrected chi connectivity index (χ2v) is 6.67. The van der Waals surface area contributed by atoms with Crippen molar-refractivity contribution < 1.29 is 13.3 Å². The standard InChI is InChI=1S/C13H10BrN3O4S/c14-11-7-5-10(6-8-11)9-15-16-22(20,21)13-4-2-1-3-12(13)17(18)19/h1-9,16H/b15-9+. The Labute approximate surface area is 135 Å². The van der Waals surface area contributed by atoms with E-state index >= 15 is 0 Å². The van der Waals surface area contributed by atoms with Gasteiger partial charge in [0.1, 0.15) is 0 Å². The van der Waals surface area contributed by atoms with Crippen LogP contribution in [0.1, 0.15) is 5.56 Å². The lowest BCUT2D eigenvalue weighted by Gasteiger charge is -2.03. The summed E-state index contributed by atoms with van der Waals surface area (Å²) in [6, 6.07) is 12.1. The van der Waals surface area contributed by atoms with Crippen LogP contribution in [0.5, 0.6) is 0 Å². The van der Waals surface area contributed by atoms with E-state index in [1.165, 1.54) is 18.3 Å². The van der Waals surface area contributed by atoms with Gasteiger partial charge >= 0.3 is 0 Å². The lowest BCUT2D eigenvalue weighted by atomic mass is 10.2. The number of halogens is 1. The van der Waals surface area contributed by atoms with E-state index in [2.05, 4.69) is 21.0 Å². The van der Waals surface area contributed by atoms with Crippen molar-refractivity contribution in [1.82, 2.24) is 4.83 Å². The highest BCUT2D eigenvalue weighted by Gasteiger charge is 2.24. The van der Waals surface area contributed by atoms with Crippen molar-refractivity contribution in [3.63, 3.8) is 0 Å². The minimum Gasteiger partial charge on any atom is -0.258 e. The van der Waals surface area contributed by atoms with E-state index in [0.29, 0.717) is 5.56 Å². The Morgan fingerprint density at radius 2 is 1.77 bits per heavy atom. The minimum absolute atomic E-state index is 0.437. The zero-order valence-corrected chi connectivity index (χ0v) is 13.4. The van der Waals surface area contributed by atoms with Crippen molar-refractivity contribution in [2.24, 2.45) is 5.10 Å². The number of hydrazone groups is 1. The summed E-state index contributed by atoms with van der Waals surface area (Å²) in [4.78, 5) is 11.6. The van der Waals surface area contributed by atoms with E-state index in [9.17, 15) is 18.5 Å². The molecule has 22 heavy (non-hydrogen) atoms. The number of nitrogens with one attached hydrogen (secondary N) is 1. The monoisotopic (exact) mass is 383 g/mol. The molecule has 7 nitrogen and oxygen atoms in total. The van der Waals surface area contributed by atoms with Gasteiger partial charge in [-0.2, -0.15) is 18.4 Å². The molecule has 0 amide bonds. The predicted octanol–water partition coefficient (Wildman–Crippen LogP) is 2.67. The van der Waals surface area contributed by atoms with Crippen LogP contribution in [-0.2, 0) is 10.0 Å². The highest BCUT2D eigenvalue weighted by Crippen LogP contribution is 2.22. The number of hydrogen-bond donors (Lipinski definition) is 1. The number of para-hydroxylation sites is 1. The fourth-order valence-corrected chi connectivity index (χ4v) is 2.83. The number of hydrogen-bond acceptors (Lipinski definition) is 5. The Balaban J connectivity index is 2.22. The van der Waals surface area contributed by atoms with Gasteiger partial charge in [-0.25, -0.2) is 0 Å². The number of nitrogens with zero attached hydrogens (tertiary/aromatic N) is 2. The zero-order valence-electron chi connectivity index (χ0n) is 11.0. The molecule has 0 bridgehead atoms. The third kappa shape index (κ3) is 3.89. The molecule has 114 valence electrons. The van der Waals surface area contributed by atoms with Gasteiger partial charge in [-0.1, -0.05) is 40.2 Å². The molecule has 0 unspecified atom stereocenters. The maximum absolute atomic E-state index is 12.1. The molecule has 0 saturated heterocycles. The van der Waals surface area contributed by atoms with Crippen molar-refractivity contribution in [3.8, 4) is 0 Å². The summed E-state index contributed by atoms with van der Waals surface area (Å²) >= 11 is 3.28. The van der Waals surface area contributed by atoms with Crippen LogP contribution in [0.4, 0.5) is 5.69 Å². The number of rotatable bonds is 5. The molecule has 2 aromatic rings. The molecule has 9 heteroatoms. The van der Waals surface area contributed by atoms with Gasteiger partial charge in [-0.15, -0.1) is 0 Å². The Bertz CT molecular complexity index is 819. The molecule has 2 aromatic carbocycles. The Kier molecular flexibility index (Phi) is 4.88. The van der Waals surface area contributed by atoms with E-state index in [-0.39, 0.29) is 0 Å². The third-order valence-electron chi connectivity index (χ3n) is 2.61. The smallest absolute Gasteiger partial charge is 0.258 e. The van der Waals surface area contributed by atoms with Crippen LogP contribution in [0, 0.1) is 10.1 Å². The normalized spacial score (nSPS) is 11.5. The fourth-order valence-electron chi connectivity index (χ4n) is 1.60.